The van der Waals surface area contributed by atoms with Crippen LogP contribution in [0.25, 0.3) is 0 Å². The van der Waals surface area contributed by atoms with Crippen LogP contribution in [0.5, 0.6) is 5.75 Å². The van der Waals surface area contributed by atoms with Crippen molar-refractivity contribution in [2.24, 2.45) is 0 Å². The molecule has 1 heterocycles. The van der Waals surface area contributed by atoms with Crippen LogP contribution in [0.2, 0.25) is 5.02 Å². The lowest BCUT2D eigenvalue weighted by Gasteiger charge is -2.36. The Bertz CT molecular complexity index is 493. The molecule has 1 aliphatic rings. The minimum absolute atomic E-state index is 0. The van der Waals surface area contributed by atoms with E-state index in [4.69, 9.17) is 16.3 Å². The van der Waals surface area contributed by atoms with Gasteiger partial charge in [-0.2, -0.15) is 0 Å². The van der Waals surface area contributed by atoms with E-state index < -0.39 is 6.10 Å². The lowest BCUT2D eigenvalue weighted by molar-refractivity contribution is -0.141. The fraction of sp³-hybridized carbons (Fsp3) is 0.588. The molecule has 23 heavy (non-hydrogen) atoms. The van der Waals surface area contributed by atoms with Crippen LogP contribution in [0, 0.1) is 0 Å². The Morgan fingerprint density at radius 1 is 1.39 bits per heavy atom. The molecule has 1 aromatic carbocycles. The van der Waals surface area contributed by atoms with E-state index >= 15 is 0 Å². The molecule has 0 bridgehead atoms. The summed E-state index contributed by atoms with van der Waals surface area (Å²) < 4.78 is 5.79. The van der Waals surface area contributed by atoms with Crippen molar-refractivity contribution in [3.63, 3.8) is 0 Å². The molecule has 4 nitrogen and oxygen atoms in total. The SMILES string of the molecule is CCCN(C(=O)C(C)Oc1ccccc1Cl)C1CCNCC1.Cl. The molecule has 1 atom stereocenters. The maximum Gasteiger partial charge on any atom is 0.263 e. The Labute approximate surface area is 149 Å². The first-order valence-corrected chi connectivity index (χ1v) is 8.43. The number of nitrogens with one attached hydrogen (secondary N) is 1. The van der Waals surface area contributed by atoms with Crippen molar-refractivity contribution >= 4 is 29.9 Å². The van der Waals surface area contributed by atoms with Crippen molar-refractivity contribution in [3.8, 4) is 5.75 Å². The highest BCUT2D eigenvalue weighted by Crippen LogP contribution is 2.25. The summed E-state index contributed by atoms with van der Waals surface area (Å²) >= 11 is 6.10. The molecule has 1 unspecified atom stereocenters. The fourth-order valence-corrected chi connectivity index (χ4v) is 3.03. The molecular weight excluding hydrogens is 335 g/mol. The lowest BCUT2D eigenvalue weighted by Crippen LogP contribution is -2.50. The second-order valence-electron chi connectivity index (χ2n) is 5.70. The third kappa shape index (κ3) is 5.55. The third-order valence-corrected chi connectivity index (χ3v) is 4.30. The Kier molecular flexibility index (Phi) is 8.74. The van der Waals surface area contributed by atoms with Gasteiger partial charge in [0.2, 0.25) is 0 Å². The Balaban J connectivity index is 0.00000264. The molecule has 0 aromatic heterocycles. The van der Waals surface area contributed by atoms with Gasteiger partial charge in [-0.05, 0) is 51.4 Å². The molecule has 1 aromatic rings. The summed E-state index contributed by atoms with van der Waals surface area (Å²) in [5, 5.41) is 3.87. The van der Waals surface area contributed by atoms with Crippen LogP contribution < -0.4 is 10.1 Å². The minimum atomic E-state index is -0.527. The van der Waals surface area contributed by atoms with E-state index in [1.807, 2.05) is 17.0 Å². The van der Waals surface area contributed by atoms with Gasteiger partial charge in [0.25, 0.3) is 5.91 Å². The highest BCUT2D eigenvalue weighted by molar-refractivity contribution is 6.32. The van der Waals surface area contributed by atoms with Gasteiger partial charge in [0.05, 0.1) is 5.02 Å². The number of amides is 1. The largest absolute Gasteiger partial charge is 0.479 e. The van der Waals surface area contributed by atoms with Crippen molar-refractivity contribution in [3.05, 3.63) is 29.3 Å². The van der Waals surface area contributed by atoms with E-state index in [1.54, 1.807) is 19.1 Å². The maximum absolute atomic E-state index is 12.8. The number of hydrogen-bond donors (Lipinski definition) is 1. The zero-order valence-corrected chi connectivity index (χ0v) is 15.3. The average Bonchev–Trinajstić information content (AvgIpc) is 2.55. The van der Waals surface area contributed by atoms with E-state index in [0.29, 0.717) is 16.8 Å². The molecule has 130 valence electrons. The first-order valence-electron chi connectivity index (χ1n) is 8.06. The van der Waals surface area contributed by atoms with Crippen molar-refractivity contribution in [1.29, 1.82) is 0 Å². The van der Waals surface area contributed by atoms with Crippen molar-refractivity contribution in [2.45, 2.75) is 45.3 Å². The number of nitrogens with zero attached hydrogens (tertiary/aromatic N) is 1. The second kappa shape index (κ2) is 10.0. The van der Waals surface area contributed by atoms with Gasteiger partial charge < -0.3 is 15.0 Å². The summed E-state index contributed by atoms with van der Waals surface area (Å²) in [4.78, 5) is 14.8. The number of hydrogen-bond acceptors (Lipinski definition) is 3. The highest BCUT2D eigenvalue weighted by Gasteiger charge is 2.29. The van der Waals surface area contributed by atoms with Gasteiger partial charge in [-0.15, -0.1) is 12.4 Å². The van der Waals surface area contributed by atoms with E-state index in [2.05, 4.69) is 12.2 Å². The van der Waals surface area contributed by atoms with E-state index in [1.165, 1.54) is 0 Å². The number of rotatable bonds is 6. The first-order chi connectivity index (χ1) is 10.6. The fourth-order valence-electron chi connectivity index (χ4n) is 2.85. The first kappa shape index (κ1) is 20.1. The van der Waals surface area contributed by atoms with Crippen LogP contribution in [0.1, 0.15) is 33.1 Å². The van der Waals surface area contributed by atoms with Gasteiger partial charge in [-0.1, -0.05) is 30.7 Å². The number of benzene rings is 1. The number of carbonyl (C=O) groups is 1. The molecule has 1 aliphatic heterocycles. The molecule has 1 N–H and O–H groups in total. The number of halogens is 2. The standard InChI is InChI=1S/C17H25ClN2O2.ClH/c1-3-12-20(14-8-10-19-11-9-14)17(21)13(2)22-16-7-5-4-6-15(16)18;/h4-7,13-14,19H,3,8-12H2,1-2H3;1H. The molecule has 0 aliphatic carbocycles. The second-order valence-corrected chi connectivity index (χ2v) is 6.11. The number of para-hydroxylation sites is 1. The Morgan fingerprint density at radius 3 is 2.65 bits per heavy atom. The zero-order chi connectivity index (χ0) is 15.9. The van der Waals surface area contributed by atoms with E-state index in [9.17, 15) is 4.79 Å². The summed E-state index contributed by atoms with van der Waals surface area (Å²) in [6.45, 7) is 6.62. The summed E-state index contributed by atoms with van der Waals surface area (Å²) in [6.07, 6.45) is 2.44. The van der Waals surface area contributed by atoms with Crippen molar-refractivity contribution in [1.82, 2.24) is 10.2 Å². The van der Waals surface area contributed by atoms with Gasteiger partial charge in [-0.25, -0.2) is 0 Å². The highest BCUT2D eigenvalue weighted by atomic mass is 35.5. The van der Waals surface area contributed by atoms with Crippen LogP contribution in [-0.2, 0) is 4.79 Å². The molecule has 0 saturated carbocycles. The molecule has 1 saturated heterocycles. The molecule has 1 fully saturated rings. The number of piperidine rings is 1. The maximum atomic E-state index is 12.8. The van der Waals surface area contributed by atoms with Crippen LogP contribution in [0.3, 0.4) is 0 Å². The van der Waals surface area contributed by atoms with E-state index in [0.717, 1.165) is 38.9 Å². The summed E-state index contributed by atoms with van der Waals surface area (Å²) in [5.74, 6) is 0.612. The summed E-state index contributed by atoms with van der Waals surface area (Å²) in [6, 6.07) is 7.58. The predicted octanol–water partition coefficient (Wildman–Crippen LogP) is 3.52. The van der Waals surface area contributed by atoms with Gasteiger partial charge in [0, 0.05) is 12.6 Å². The van der Waals surface area contributed by atoms with Crippen molar-refractivity contribution < 1.29 is 9.53 Å². The zero-order valence-electron chi connectivity index (χ0n) is 13.8. The topological polar surface area (TPSA) is 41.6 Å². The Hall–Kier alpha value is -0.970. The number of carbonyl (C=O) groups excluding carboxylic acids is 1. The Morgan fingerprint density at radius 2 is 2.04 bits per heavy atom. The smallest absolute Gasteiger partial charge is 0.263 e. The van der Waals surface area contributed by atoms with Gasteiger partial charge in [-0.3, -0.25) is 4.79 Å². The molecule has 6 heteroatoms. The quantitative estimate of drug-likeness (QED) is 0.843. The molecule has 1 amide bonds. The lowest BCUT2D eigenvalue weighted by atomic mass is 10.0. The van der Waals surface area contributed by atoms with Crippen LogP contribution in [-0.4, -0.2) is 42.6 Å². The molecule has 2 rings (SSSR count). The summed E-state index contributed by atoms with van der Waals surface area (Å²) in [5.41, 5.74) is 0. The van der Waals surface area contributed by atoms with Crippen LogP contribution in [0.4, 0.5) is 0 Å². The van der Waals surface area contributed by atoms with Crippen LogP contribution >= 0.6 is 24.0 Å². The average molecular weight is 361 g/mol. The van der Waals surface area contributed by atoms with Crippen LogP contribution in [0.15, 0.2) is 24.3 Å². The van der Waals surface area contributed by atoms with Gasteiger partial charge >= 0.3 is 0 Å². The molecular formula is C17H26Cl2N2O2. The molecule has 0 radical (unpaired) electrons. The van der Waals surface area contributed by atoms with Crippen molar-refractivity contribution in [2.75, 3.05) is 19.6 Å². The minimum Gasteiger partial charge on any atom is -0.479 e. The predicted molar refractivity (Wildman–Crippen MR) is 96.7 cm³/mol. The summed E-state index contributed by atoms with van der Waals surface area (Å²) in [7, 11) is 0. The van der Waals surface area contributed by atoms with E-state index in [-0.39, 0.29) is 18.3 Å². The number of ether oxygens (including phenoxy) is 1. The third-order valence-electron chi connectivity index (χ3n) is 3.99. The monoisotopic (exact) mass is 360 g/mol. The van der Waals surface area contributed by atoms with Gasteiger partial charge in [0.15, 0.2) is 6.10 Å². The molecule has 0 spiro atoms. The normalized spacial score (nSPS) is 16.3. The van der Waals surface area contributed by atoms with Gasteiger partial charge in [0.1, 0.15) is 5.75 Å².